The highest BCUT2D eigenvalue weighted by Gasteiger charge is 2.26. The third kappa shape index (κ3) is 2.58. The Labute approximate surface area is 209 Å². The van der Waals surface area contributed by atoms with Gasteiger partial charge in [0, 0.05) is 17.3 Å². The fourth-order valence-electron chi connectivity index (χ4n) is 6.32. The van der Waals surface area contributed by atoms with Crippen molar-refractivity contribution in [1.82, 2.24) is 4.98 Å². The quantitative estimate of drug-likeness (QED) is 0.224. The maximum absolute atomic E-state index is 4.84. The summed E-state index contributed by atoms with van der Waals surface area (Å²) in [6.07, 6.45) is 1.92. The van der Waals surface area contributed by atoms with Crippen LogP contribution in [-0.4, -0.2) is 4.98 Å². The van der Waals surface area contributed by atoms with E-state index < -0.39 is 0 Å². The zero-order valence-electron chi connectivity index (χ0n) is 20.3. The van der Waals surface area contributed by atoms with E-state index in [1.807, 2.05) is 6.20 Å². The summed E-state index contributed by atoms with van der Waals surface area (Å²) < 4.78 is 0. The van der Waals surface area contributed by atoms with Crippen LogP contribution >= 0.6 is 0 Å². The molecule has 0 saturated carbocycles. The Morgan fingerprint density at radius 1 is 0.528 bits per heavy atom. The van der Waals surface area contributed by atoms with E-state index in [0.29, 0.717) is 0 Å². The molecule has 1 heteroatoms. The second-order valence-corrected chi connectivity index (χ2v) is 10.1. The summed E-state index contributed by atoms with van der Waals surface area (Å²) in [7, 11) is 0. The van der Waals surface area contributed by atoms with Crippen molar-refractivity contribution in [3.8, 4) is 33.5 Å². The lowest BCUT2D eigenvalue weighted by atomic mass is 9.87. The van der Waals surface area contributed by atoms with Crippen molar-refractivity contribution < 1.29 is 0 Å². The summed E-state index contributed by atoms with van der Waals surface area (Å²) >= 11 is 0. The van der Waals surface area contributed by atoms with Crippen molar-refractivity contribution >= 4 is 43.1 Å². The maximum atomic E-state index is 4.84. The summed E-state index contributed by atoms with van der Waals surface area (Å²) in [5, 5.41) is 10.4. The molecule has 0 atom stereocenters. The Morgan fingerprint density at radius 2 is 1.33 bits per heavy atom. The van der Waals surface area contributed by atoms with Gasteiger partial charge in [-0.3, -0.25) is 4.98 Å². The highest BCUT2D eigenvalue weighted by atomic mass is 14.7. The normalized spacial score (nSPS) is 12.2. The van der Waals surface area contributed by atoms with Crippen LogP contribution in [0.25, 0.3) is 76.6 Å². The number of fused-ring (bicyclic) bond motifs is 8. The standard InChI is InChI=1S/C35H23N/c1-20-9-13-25-29(16-20)28(24-12-11-22-6-3-4-7-23(22)17-24)18-31-26-14-10-21(2)33-27-8-5-15-36-35(27)32(34(26)33)19-30(25)31/h3-19H,1-2H3. The Hall–Kier alpha value is -4.49. The topological polar surface area (TPSA) is 12.9 Å². The van der Waals surface area contributed by atoms with Gasteiger partial charge < -0.3 is 0 Å². The predicted molar refractivity (Wildman–Crippen MR) is 154 cm³/mol. The van der Waals surface area contributed by atoms with Crippen LogP contribution in [0, 0.1) is 13.8 Å². The molecule has 0 fully saturated rings. The Balaban J connectivity index is 1.56. The zero-order chi connectivity index (χ0) is 24.0. The molecular weight excluding hydrogens is 434 g/mol. The Kier molecular flexibility index (Phi) is 3.86. The fourth-order valence-corrected chi connectivity index (χ4v) is 6.32. The molecule has 8 rings (SSSR count). The number of aromatic nitrogens is 1. The van der Waals surface area contributed by atoms with Crippen molar-refractivity contribution in [2.45, 2.75) is 13.8 Å². The van der Waals surface area contributed by atoms with E-state index in [4.69, 9.17) is 4.98 Å². The summed E-state index contributed by atoms with van der Waals surface area (Å²) in [4.78, 5) is 4.84. The van der Waals surface area contributed by atoms with Crippen molar-refractivity contribution in [1.29, 1.82) is 0 Å². The van der Waals surface area contributed by atoms with Crippen LogP contribution in [0.15, 0.2) is 103 Å². The van der Waals surface area contributed by atoms with E-state index in [9.17, 15) is 0 Å². The van der Waals surface area contributed by atoms with Gasteiger partial charge in [-0.05, 0) is 103 Å². The maximum Gasteiger partial charge on any atom is 0.0787 e. The second-order valence-electron chi connectivity index (χ2n) is 10.1. The van der Waals surface area contributed by atoms with E-state index in [2.05, 4.69) is 111 Å². The molecule has 1 aromatic heterocycles. The van der Waals surface area contributed by atoms with Gasteiger partial charge in [0.15, 0.2) is 0 Å². The largest absolute Gasteiger partial charge is 0.256 e. The molecule has 168 valence electrons. The van der Waals surface area contributed by atoms with Gasteiger partial charge in [-0.15, -0.1) is 0 Å². The third-order valence-corrected chi connectivity index (χ3v) is 7.99. The molecular formula is C35H23N. The monoisotopic (exact) mass is 457 g/mol. The molecule has 0 N–H and O–H groups in total. The molecule has 0 saturated heterocycles. The van der Waals surface area contributed by atoms with Crippen molar-refractivity contribution in [2.75, 3.05) is 0 Å². The molecule has 0 radical (unpaired) electrons. The number of hydrogen-bond acceptors (Lipinski definition) is 1. The number of benzene rings is 6. The van der Waals surface area contributed by atoms with E-state index in [1.54, 1.807) is 0 Å². The average Bonchev–Trinajstić information content (AvgIpc) is 3.25. The Morgan fingerprint density at radius 3 is 2.25 bits per heavy atom. The summed E-state index contributed by atoms with van der Waals surface area (Å²) in [5.41, 5.74) is 10.1. The van der Waals surface area contributed by atoms with Crippen LogP contribution in [0.4, 0.5) is 0 Å². The lowest BCUT2D eigenvalue weighted by Gasteiger charge is -2.16. The SMILES string of the molecule is Cc1ccc2c(c1)c(-c1ccc3ccccc3c1)cc1c3ccc(C)c4c3c(cc21)-c1ncccc1-4. The minimum absolute atomic E-state index is 1.10. The van der Waals surface area contributed by atoms with Gasteiger partial charge in [0.2, 0.25) is 0 Å². The Bertz CT molecular complexity index is 2060. The summed E-state index contributed by atoms with van der Waals surface area (Å²) in [6, 6.07) is 36.0. The van der Waals surface area contributed by atoms with Gasteiger partial charge in [-0.2, -0.15) is 0 Å². The molecule has 1 aliphatic rings. The number of aryl methyl sites for hydroxylation is 2. The molecule has 7 aromatic rings. The van der Waals surface area contributed by atoms with Gasteiger partial charge >= 0.3 is 0 Å². The smallest absolute Gasteiger partial charge is 0.0787 e. The third-order valence-electron chi connectivity index (χ3n) is 7.99. The molecule has 1 aliphatic carbocycles. The van der Waals surface area contributed by atoms with Gasteiger partial charge in [-0.1, -0.05) is 78.4 Å². The van der Waals surface area contributed by atoms with E-state index in [0.717, 1.165) is 5.69 Å². The first-order valence-corrected chi connectivity index (χ1v) is 12.6. The molecule has 0 bridgehead atoms. The van der Waals surface area contributed by atoms with E-state index >= 15 is 0 Å². The van der Waals surface area contributed by atoms with Crippen molar-refractivity contribution in [3.63, 3.8) is 0 Å². The van der Waals surface area contributed by atoms with Crippen LogP contribution in [0.1, 0.15) is 11.1 Å². The van der Waals surface area contributed by atoms with Crippen LogP contribution < -0.4 is 0 Å². The average molecular weight is 458 g/mol. The highest BCUT2D eigenvalue weighted by Crippen LogP contribution is 2.51. The van der Waals surface area contributed by atoms with Crippen molar-refractivity contribution in [2.24, 2.45) is 0 Å². The zero-order valence-corrected chi connectivity index (χ0v) is 20.3. The van der Waals surface area contributed by atoms with Gasteiger partial charge in [0.25, 0.3) is 0 Å². The molecule has 1 heterocycles. The number of nitrogens with zero attached hydrogens (tertiary/aromatic N) is 1. The highest BCUT2D eigenvalue weighted by molar-refractivity contribution is 6.28. The van der Waals surface area contributed by atoms with Gasteiger partial charge in [0.1, 0.15) is 0 Å². The number of pyridine rings is 1. The molecule has 1 nitrogen and oxygen atoms in total. The number of rotatable bonds is 1. The summed E-state index contributed by atoms with van der Waals surface area (Å²) in [6.45, 7) is 4.40. The van der Waals surface area contributed by atoms with Gasteiger partial charge in [-0.25, -0.2) is 0 Å². The lowest BCUT2D eigenvalue weighted by molar-refractivity contribution is 1.34. The van der Waals surface area contributed by atoms with Crippen molar-refractivity contribution in [3.05, 3.63) is 114 Å². The van der Waals surface area contributed by atoms with Crippen LogP contribution in [0.2, 0.25) is 0 Å². The number of hydrogen-bond donors (Lipinski definition) is 0. The molecule has 36 heavy (non-hydrogen) atoms. The lowest BCUT2D eigenvalue weighted by Crippen LogP contribution is -1.89. The fraction of sp³-hybridized carbons (Fsp3) is 0.0571. The van der Waals surface area contributed by atoms with Gasteiger partial charge in [0.05, 0.1) is 5.69 Å². The molecule has 6 aromatic carbocycles. The molecule has 0 aliphatic heterocycles. The molecule has 0 unspecified atom stereocenters. The molecule has 0 amide bonds. The second kappa shape index (κ2) is 7.02. The first-order valence-electron chi connectivity index (χ1n) is 12.6. The predicted octanol–water partition coefficient (Wildman–Crippen LogP) is 9.63. The van der Waals surface area contributed by atoms with Crippen LogP contribution in [0.3, 0.4) is 0 Å². The molecule has 0 spiro atoms. The van der Waals surface area contributed by atoms with Crippen LogP contribution in [0.5, 0.6) is 0 Å². The van der Waals surface area contributed by atoms with E-state index in [1.165, 1.54) is 82.0 Å². The minimum Gasteiger partial charge on any atom is -0.256 e. The van der Waals surface area contributed by atoms with E-state index in [-0.39, 0.29) is 0 Å². The first-order chi connectivity index (χ1) is 17.7. The minimum atomic E-state index is 1.10. The summed E-state index contributed by atoms with van der Waals surface area (Å²) in [5.74, 6) is 0. The first kappa shape index (κ1) is 19.8. The van der Waals surface area contributed by atoms with Crippen LogP contribution in [-0.2, 0) is 0 Å².